The molecule has 0 spiro atoms. The van der Waals surface area contributed by atoms with E-state index in [9.17, 15) is 5.11 Å². The van der Waals surface area contributed by atoms with Gasteiger partial charge in [-0.15, -0.1) is 0 Å². The summed E-state index contributed by atoms with van der Waals surface area (Å²) in [6.07, 6.45) is 8.09. The third-order valence-corrected chi connectivity index (χ3v) is 4.47. The van der Waals surface area contributed by atoms with Crippen LogP contribution < -0.4 is 10.1 Å². The fraction of sp³-hybridized carbons (Fsp3) is 0.647. The van der Waals surface area contributed by atoms with E-state index in [-0.39, 0.29) is 5.75 Å². The first-order chi connectivity index (χ1) is 9.74. The highest BCUT2D eigenvalue weighted by Gasteiger charge is 2.21. The van der Waals surface area contributed by atoms with Gasteiger partial charge in [-0.05, 0) is 42.9 Å². The molecule has 1 aromatic rings. The zero-order valence-electron chi connectivity index (χ0n) is 12.7. The van der Waals surface area contributed by atoms with Gasteiger partial charge in [0, 0.05) is 12.6 Å². The molecule has 3 heteroatoms. The molecule has 1 unspecified atom stereocenters. The van der Waals surface area contributed by atoms with Crippen molar-refractivity contribution in [2.45, 2.75) is 58.0 Å². The molecular weight excluding hydrogens is 250 g/mol. The van der Waals surface area contributed by atoms with Crippen molar-refractivity contribution in [1.29, 1.82) is 0 Å². The average molecular weight is 277 g/mol. The van der Waals surface area contributed by atoms with E-state index in [1.165, 1.54) is 38.5 Å². The molecule has 3 nitrogen and oxygen atoms in total. The molecular formula is C17H27NO2. The van der Waals surface area contributed by atoms with Crippen LogP contribution in [0.3, 0.4) is 0 Å². The molecule has 1 atom stereocenters. The number of phenols is 1. The van der Waals surface area contributed by atoms with Crippen LogP contribution in [0.5, 0.6) is 11.5 Å². The molecule has 0 radical (unpaired) electrons. The maximum Gasteiger partial charge on any atom is 0.160 e. The summed E-state index contributed by atoms with van der Waals surface area (Å²) in [5.41, 5.74) is 1.16. The Morgan fingerprint density at radius 3 is 2.70 bits per heavy atom. The summed E-state index contributed by atoms with van der Waals surface area (Å²) in [5.74, 6) is 1.58. The Hall–Kier alpha value is -1.22. The molecule has 112 valence electrons. The third kappa shape index (κ3) is 3.89. The minimum absolute atomic E-state index is 0.204. The fourth-order valence-electron chi connectivity index (χ4n) is 3.26. The lowest BCUT2D eigenvalue weighted by molar-refractivity contribution is 0.261. The monoisotopic (exact) mass is 277 g/mol. The van der Waals surface area contributed by atoms with Crippen LogP contribution in [0.1, 0.15) is 51.0 Å². The topological polar surface area (TPSA) is 41.5 Å². The fourth-order valence-corrected chi connectivity index (χ4v) is 3.26. The molecule has 0 amide bonds. The van der Waals surface area contributed by atoms with Crippen molar-refractivity contribution in [1.82, 2.24) is 5.32 Å². The van der Waals surface area contributed by atoms with Gasteiger partial charge < -0.3 is 15.2 Å². The van der Waals surface area contributed by atoms with Gasteiger partial charge in [-0.2, -0.15) is 0 Å². The van der Waals surface area contributed by atoms with E-state index in [1.807, 2.05) is 12.1 Å². The normalized spacial score (nSPS) is 17.9. The highest BCUT2D eigenvalue weighted by atomic mass is 16.5. The summed E-state index contributed by atoms with van der Waals surface area (Å²) in [5, 5.41) is 13.3. The van der Waals surface area contributed by atoms with E-state index in [0.29, 0.717) is 11.8 Å². The number of ether oxygens (including phenoxy) is 1. The van der Waals surface area contributed by atoms with Crippen molar-refractivity contribution in [3.63, 3.8) is 0 Å². The molecule has 0 heterocycles. The van der Waals surface area contributed by atoms with Gasteiger partial charge in [0.15, 0.2) is 11.5 Å². The predicted octanol–water partition coefficient (Wildman–Crippen LogP) is 3.85. The van der Waals surface area contributed by atoms with Crippen molar-refractivity contribution in [3.8, 4) is 11.5 Å². The smallest absolute Gasteiger partial charge is 0.160 e. The maximum atomic E-state index is 9.62. The Bertz CT molecular complexity index is 413. The molecule has 1 aromatic carbocycles. The molecule has 0 bridgehead atoms. The molecule has 1 saturated carbocycles. The molecule has 1 fully saturated rings. The minimum atomic E-state index is 0.204. The largest absolute Gasteiger partial charge is 0.504 e. The molecule has 1 aliphatic rings. The zero-order valence-corrected chi connectivity index (χ0v) is 12.7. The molecule has 0 aliphatic heterocycles. The number of hydrogen-bond donors (Lipinski definition) is 2. The van der Waals surface area contributed by atoms with E-state index in [0.717, 1.165) is 18.0 Å². The van der Waals surface area contributed by atoms with Crippen molar-refractivity contribution in [3.05, 3.63) is 23.8 Å². The van der Waals surface area contributed by atoms with E-state index in [2.05, 4.69) is 12.2 Å². The first-order valence-electron chi connectivity index (χ1n) is 7.83. The molecule has 0 saturated heterocycles. The number of benzene rings is 1. The van der Waals surface area contributed by atoms with Gasteiger partial charge in [0.25, 0.3) is 0 Å². The van der Waals surface area contributed by atoms with E-state index >= 15 is 0 Å². The summed E-state index contributed by atoms with van der Waals surface area (Å²) in [7, 11) is 1.59. The summed E-state index contributed by atoms with van der Waals surface area (Å²) >= 11 is 0. The second-order valence-electron chi connectivity index (χ2n) is 5.80. The van der Waals surface area contributed by atoms with Gasteiger partial charge in [0.2, 0.25) is 0 Å². The van der Waals surface area contributed by atoms with Gasteiger partial charge in [-0.3, -0.25) is 0 Å². The van der Waals surface area contributed by atoms with Crippen LogP contribution in [0, 0.1) is 5.92 Å². The van der Waals surface area contributed by atoms with Crippen molar-refractivity contribution in [2.75, 3.05) is 7.11 Å². The van der Waals surface area contributed by atoms with Gasteiger partial charge in [-0.25, -0.2) is 0 Å². The zero-order chi connectivity index (χ0) is 14.4. The van der Waals surface area contributed by atoms with E-state index in [1.54, 1.807) is 13.2 Å². The Labute approximate surface area is 122 Å². The van der Waals surface area contributed by atoms with Gasteiger partial charge >= 0.3 is 0 Å². The Kier molecular flexibility index (Phi) is 5.72. The average Bonchev–Trinajstić information content (AvgIpc) is 2.50. The SMILES string of the molecule is CCC(NCc1ccc(O)c(OC)c1)C1CCCCC1. The number of rotatable bonds is 6. The Morgan fingerprint density at radius 2 is 2.05 bits per heavy atom. The number of methoxy groups -OCH3 is 1. The minimum Gasteiger partial charge on any atom is -0.504 e. The lowest BCUT2D eigenvalue weighted by atomic mass is 9.83. The Morgan fingerprint density at radius 1 is 1.30 bits per heavy atom. The predicted molar refractivity (Wildman–Crippen MR) is 82.2 cm³/mol. The summed E-state index contributed by atoms with van der Waals surface area (Å²) < 4.78 is 5.16. The lowest BCUT2D eigenvalue weighted by Gasteiger charge is -2.30. The number of nitrogens with one attached hydrogen (secondary N) is 1. The van der Waals surface area contributed by atoms with Crippen molar-refractivity contribution >= 4 is 0 Å². The number of aromatic hydroxyl groups is 1. The molecule has 1 aliphatic carbocycles. The molecule has 0 aromatic heterocycles. The van der Waals surface area contributed by atoms with Crippen LogP contribution in [0.25, 0.3) is 0 Å². The van der Waals surface area contributed by atoms with Crippen LogP contribution in [0.15, 0.2) is 18.2 Å². The number of phenolic OH excluding ortho intramolecular Hbond substituents is 1. The first kappa shape index (κ1) is 15.2. The molecule has 2 N–H and O–H groups in total. The first-order valence-corrected chi connectivity index (χ1v) is 7.83. The number of hydrogen-bond acceptors (Lipinski definition) is 3. The van der Waals surface area contributed by atoms with Crippen LogP contribution in [-0.2, 0) is 6.54 Å². The van der Waals surface area contributed by atoms with Gasteiger partial charge in [-0.1, -0.05) is 32.3 Å². The summed E-state index contributed by atoms with van der Waals surface area (Å²) in [6.45, 7) is 3.11. The van der Waals surface area contributed by atoms with Crippen LogP contribution in [0.2, 0.25) is 0 Å². The summed E-state index contributed by atoms with van der Waals surface area (Å²) in [6, 6.07) is 6.18. The van der Waals surface area contributed by atoms with Gasteiger partial charge in [0.05, 0.1) is 7.11 Å². The second-order valence-corrected chi connectivity index (χ2v) is 5.80. The summed E-state index contributed by atoms with van der Waals surface area (Å²) in [4.78, 5) is 0. The standard InChI is InChI=1S/C17H27NO2/c1-3-15(14-7-5-4-6-8-14)18-12-13-9-10-16(19)17(11-13)20-2/h9-11,14-15,18-19H,3-8,12H2,1-2H3. The second kappa shape index (κ2) is 7.53. The highest BCUT2D eigenvalue weighted by Crippen LogP contribution is 2.29. The Balaban J connectivity index is 1.92. The van der Waals surface area contributed by atoms with E-state index < -0.39 is 0 Å². The van der Waals surface area contributed by atoms with Crippen molar-refractivity contribution < 1.29 is 9.84 Å². The van der Waals surface area contributed by atoms with E-state index in [4.69, 9.17) is 4.74 Å². The molecule has 2 rings (SSSR count). The quantitative estimate of drug-likeness (QED) is 0.830. The van der Waals surface area contributed by atoms with Crippen LogP contribution in [0.4, 0.5) is 0 Å². The van der Waals surface area contributed by atoms with Crippen molar-refractivity contribution in [2.24, 2.45) is 5.92 Å². The maximum absolute atomic E-state index is 9.62. The highest BCUT2D eigenvalue weighted by molar-refractivity contribution is 5.41. The third-order valence-electron chi connectivity index (χ3n) is 4.47. The van der Waals surface area contributed by atoms with Gasteiger partial charge in [0.1, 0.15) is 0 Å². The molecule has 20 heavy (non-hydrogen) atoms. The van der Waals surface area contributed by atoms with Crippen LogP contribution in [-0.4, -0.2) is 18.3 Å². The van der Waals surface area contributed by atoms with Crippen LogP contribution >= 0.6 is 0 Å². The lowest BCUT2D eigenvalue weighted by Crippen LogP contribution is -2.36.